The van der Waals surface area contributed by atoms with Crippen molar-refractivity contribution in [1.29, 1.82) is 0 Å². The Morgan fingerprint density at radius 1 is 1.23 bits per heavy atom. The second-order valence-corrected chi connectivity index (χ2v) is 6.68. The van der Waals surface area contributed by atoms with Gasteiger partial charge in [-0.05, 0) is 42.8 Å². The molecule has 1 aliphatic heterocycles. The van der Waals surface area contributed by atoms with E-state index in [2.05, 4.69) is 10.6 Å². The zero-order chi connectivity index (χ0) is 21.7. The van der Waals surface area contributed by atoms with Crippen molar-refractivity contribution in [2.75, 3.05) is 25.6 Å². The maximum absolute atomic E-state index is 12.2. The Labute approximate surface area is 178 Å². The number of likely N-dealkylation sites (N-methyl/N-ethyl adjacent to an activating group) is 1. The zero-order valence-electron chi connectivity index (χ0n) is 16.4. The van der Waals surface area contributed by atoms with Gasteiger partial charge in [0.2, 0.25) is 0 Å². The van der Waals surface area contributed by atoms with Crippen LogP contribution in [0.3, 0.4) is 0 Å². The van der Waals surface area contributed by atoms with Gasteiger partial charge < -0.3 is 20.1 Å². The summed E-state index contributed by atoms with van der Waals surface area (Å²) in [4.78, 5) is 37.2. The van der Waals surface area contributed by atoms with E-state index < -0.39 is 11.9 Å². The van der Waals surface area contributed by atoms with Gasteiger partial charge in [-0.1, -0.05) is 29.8 Å². The number of rotatable bonds is 7. The average Bonchev–Trinajstić information content (AvgIpc) is 2.99. The second-order valence-electron chi connectivity index (χ2n) is 6.27. The number of imide groups is 1. The summed E-state index contributed by atoms with van der Waals surface area (Å²) in [6, 6.07) is 11.6. The average molecular weight is 430 g/mol. The Balaban J connectivity index is 1.74. The van der Waals surface area contributed by atoms with Gasteiger partial charge in [0.1, 0.15) is 5.70 Å². The number of para-hydroxylation sites is 1. The van der Waals surface area contributed by atoms with Gasteiger partial charge in [-0.2, -0.15) is 0 Å². The Bertz CT molecular complexity index is 1010. The molecule has 0 radical (unpaired) electrons. The highest BCUT2D eigenvalue weighted by Crippen LogP contribution is 2.37. The van der Waals surface area contributed by atoms with Crippen LogP contribution < -0.4 is 20.1 Å². The highest BCUT2D eigenvalue weighted by atomic mass is 35.5. The van der Waals surface area contributed by atoms with Gasteiger partial charge in [-0.25, -0.2) is 4.79 Å². The number of nitrogens with zero attached hydrogens (tertiary/aromatic N) is 1. The highest BCUT2D eigenvalue weighted by molar-refractivity contribution is 6.32. The molecule has 8 nitrogen and oxygen atoms in total. The molecule has 1 saturated heterocycles. The first kappa shape index (κ1) is 21.2. The summed E-state index contributed by atoms with van der Waals surface area (Å²) in [7, 11) is 1.43. The number of hydrogen-bond acceptors (Lipinski definition) is 5. The largest absolute Gasteiger partial charge is 0.493 e. The molecule has 2 aromatic carbocycles. The van der Waals surface area contributed by atoms with E-state index in [0.717, 1.165) is 4.90 Å². The number of anilines is 1. The number of benzene rings is 2. The number of methoxy groups -OCH3 is 1. The van der Waals surface area contributed by atoms with Gasteiger partial charge in [0.25, 0.3) is 11.8 Å². The molecule has 0 bridgehead atoms. The molecule has 0 saturated carbocycles. The van der Waals surface area contributed by atoms with Crippen LogP contribution in [0.1, 0.15) is 12.5 Å². The third kappa shape index (κ3) is 4.72. The standard InChI is InChI=1S/C21H20ClN3O5/c1-3-25-20(27)16(24-21(25)28)10-13-9-15(22)19(17(11-13)29-2)30-12-18(26)23-14-7-5-4-6-8-14/h4-11H,3,12H2,1-2H3,(H,23,26)(H,24,28)/b16-10+. The molecule has 0 unspecified atom stereocenters. The molecular formula is C21H20ClN3O5. The summed E-state index contributed by atoms with van der Waals surface area (Å²) in [6.45, 7) is 1.70. The predicted octanol–water partition coefficient (Wildman–Crippen LogP) is 3.28. The van der Waals surface area contributed by atoms with Crippen LogP contribution in [0.2, 0.25) is 5.02 Å². The summed E-state index contributed by atoms with van der Waals surface area (Å²) >= 11 is 6.31. The Morgan fingerprint density at radius 2 is 1.97 bits per heavy atom. The molecule has 156 valence electrons. The molecule has 9 heteroatoms. The highest BCUT2D eigenvalue weighted by Gasteiger charge is 2.32. The van der Waals surface area contributed by atoms with E-state index in [1.165, 1.54) is 13.2 Å². The molecule has 2 N–H and O–H groups in total. The molecule has 0 atom stereocenters. The third-order valence-corrected chi connectivity index (χ3v) is 4.53. The van der Waals surface area contributed by atoms with Crippen molar-refractivity contribution < 1.29 is 23.9 Å². The van der Waals surface area contributed by atoms with Gasteiger partial charge in [-0.3, -0.25) is 14.5 Å². The van der Waals surface area contributed by atoms with Crippen LogP contribution in [0.15, 0.2) is 48.2 Å². The number of carbonyl (C=O) groups is 3. The molecule has 0 spiro atoms. The number of hydrogen-bond donors (Lipinski definition) is 2. The lowest BCUT2D eigenvalue weighted by atomic mass is 10.1. The van der Waals surface area contributed by atoms with E-state index >= 15 is 0 Å². The SMILES string of the molecule is CCN1C(=O)N/C(=C/c2cc(Cl)c(OCC(=O)Nc3ccccc3)c(OC)c2)C1=O. The van der Waals surface area contributed by atoms with Crippen LogP contribution in [-0.2, 0) is 9.59 Å². The molecule has 2 aromatic rings. The quantitative estimate of drug-likeness (QED) is 0.520. The van der Waals surface area contributed by atoms with Crippen LogP contribution in [-0.4, -0.2) is 43.0 Å². The maximum atomic E-state index is 12.2. The van der Waals surface area contributed by atoms with Crippen molar-refractivity contribution in [3.05, 3.63) is 58.7 Å². The number of nitrogens with one attached hydrogen (secondary N) is 2. The lowest BCUT2D eigenvalue weighted by molar-refractivity contribution is -0.122. The Hall–Kier alpha value is -3.52. The van der Waals surface area contributed by atoms with E-state index in [1.54, 1.807) is 43.3 Å². The smallest absolute Gasteiger partial charge is 0.328 e. The Morgan fingerprint density at radius 3 is 2.60 bits per heavy atom. The first-order chi connectivity index (χ1) is 14.4. The molecular weight excluding hydrogens is 410 g/mol. The molecule has 0 aromatic heterocycles. The minimum atomic E-state index is -0.476. The summed E-state index contributed by atoms with van der Waals surface area (Å²) in [5.41, 5.74) is 1.31. The van der Waals surface area contributed by atoms with Crippen LogP contribution in [0.4, 0.5) is 10.5 Å². The monoisotopic (exact) mass is 429 g/mol. The maximum Gasteiger partial charge on any atom is 0.328 e. The van der Waals surface area contributed by atoms with Gasteiger partial charge in [0.05, 0.1) is 12.1 Å². The van der Waals surface area contributed by atoms with Gasteiger partial charge >= 0.3 is 6.03 Å². The molecule has 30 heavy (non-hydrogen) atoms. The number of urea groups is 1. The van der Waals surface area contributed by atoms with Crippen molar-refractivity contribution in [1.82, 2.24) is 10.2 Å². The first-order valence-corrected chi connectivity index (χ1v) is 9.50. The van der Waals surface area contributed by atoms with Crippen molar-refractivity contribution in [2.45, 2.75) is 6.92 Å². The van der Waals surface area contributed by atoms with E-state index in [0.29, 0.717) is 11.3 Å². The molecule has 1 heterocycles. The molecule has 3 rings (SSSR count). The predicted molar refractivity (Wildman–Crippen MR) is 112 cm³/mol. The summed E-state index contributed by atoms with van der Waals surface area (Å²) in [6.07, 6.45) is 1.50. The number of halogens is 1. The van der Waals surface area contributed by atoms with Crippen molar-refractivity contribution in [3.8, 4) is 11.5 Å². The first-order valence-electron chi connectivity index (χ1n) is 9.12. The van der Waals surface area contributed by atoms with Gasteiger partial charge in [-0.15, -0.1) is 0 Å². The topological polar surface area (TPSA) is 97.0 Å². The van der Waals surface area contributed by atoms with E-state index in [1.807, 2.05) is 6.07 Å². The molecule has 0 aliphatic carbocycles. The fourth-order valence-electron chi connectivity index (χ4n) is 2.84. The molecule has 1 fully saturated rings. The number of ether oxygens (including phenoxy) is 2. The fourth-order valence-corrected chi connectivity index (χ4v) is 3.12. The summed E-state index contributed by atoms with van der Waals surface area (Å²) in [5.74, 6) is -0.299. The minimum absolute atomic E-state index is 0.135. The Kier molecular flexibility index (Phi) is 6.58. The summed E-state index contributed by atoms with van der Waals surface area (Å²) < 4.78 is 10.9. The number of carbonyl (C=O) groups excluding carboxylic acids is 3. The van der Waals surface area contributed by atoms with Gasteiger partial charge in [0, 0.05) is 12.2 Å². The van der Waals surface area contributed by atoms with Crippen LogP contribution in [0.25, 0.3) is 6.08 Å². The van der Waals surface area contributed by atoms with Crippen molar-refractivity contribution in [3.63, 3.8) is 0 Å². The third-order valence-electron chi connectivity index (χ3n) is 4.25. The van der Waals surface area contributed by atoms with E-state index in [4.69, 9.17) is 21.1 Å². The fraction of sp³-hybridized carbons (Fsp3) is 0.190. The minimum Gasteiger partial charge on any atom is -0.493 e. The lowest BCUT2D eigenvalue weighted by Crippen LogP contribution is -2.30. The molecule has 4 amide bonds. The normalized spacial score (nSPS) is 14.6. The lowest BCUT2D eigenvalue weighted by Gasteiger charge is -2.13. The number of amides is 4. The zero-order valence-corrected chi connectivity index (χ0v) is 17.2. The van der Waals surface area contributed by atoms with Crippen molar-refractivity contribution in [2.24, 2.45) is 0 Å². The van der Waals surface area contributed by atoms with Crippen LogP contribution in [0.5, 0.6) is 11.5 Å². The van der Waals surface area contributed by atoms with E-state index in [9.17, 15) is 14.4 Å². The van der Waals surface area contributed by atoms with Gasteiger partial charge in [0.15, 0.2) is 18.1 Å². The summed E-state index contributed by atoms with van der Waals surface area (Å²) in [5, 5.41) is 5.42. The second kappa shape index (κ2) is 9.32. The molecule has 1 aliphatic rings. The van der Waals surface area contributed by atoms with Crippen LogP contribution in [0, 0.1) is 0 Å². The van der Waals surface area contributed by atoms with Crippen molar-refractivity contribution >= 4 is 41.2 Å². The van der Waals surface area contributed by atoms with Crippen LogP contribution >= 0.6 is 11.6 Å². The van der Waals surface area contributed by atoms with E-state index in [-0.39, 0.29) is 41.3 Å².